The van der Waals surface area contributed by atoms with E-state index < -0.39 is 12.6 Å². The molecule has 6 heavy (non-hydrogen) atoms. The fourth-order valence-corrected chi connectivity index (χ4v) is 0. The van der Waals surface area contributed by atoms with Gasteiger partial charge in [-0.15, -0.1) is 0 Å². The van der Waals surface area contributed by atoms with Gasteiger partial charge in [-0.05, 0) is 0 Å². The van der Waals surface area contributed by atoms with Crippen molar-refractivity contribution in [3.63, 3.8) is 0 Å². The van der Waals surface area contributed by atoms with Gasteiger partial charge in [-0.25, -0.2) is 4.79 Å². The molecular weight excluding hydrogens is 209 g/mol. The molecule has 0 saturated heterocycles. The molecule has 0 aromatic heterocycles. The van der Waals surface area contributed by atoms with E-state index in [4.69, 9.17) is 15.0 Å². The standard InChI is InChI=1S/C2H4O3.Ba.2H/c3-1-2(4)5;;;/h3H,1H2,(H,4,5);;;. The van der Waals surface area contributed by atoms with E-state index in [1.54, 1.807) is 0 Å². The number of carboxylic acid groups (broad SMARTS) is 1. The van der Waals surface area contributed by atoms with Crippen LogP contribution >= 0.6 is 0 Å². The van der Waals surface area contributed by atoms with Crippen molar-refractivity contribution >= 4 is 54.9 Å². The summed E-state index contributed by atoms with van der Waals surface area (Å²) in [6, 6.07) is 0. The molecule has 0 amide bonds. The van der Waals surface area contributed by atoms with Gasteiger partial charge in [0.15, 0.2) is 0 Å². The minimum absolute atomic E-state index is 0. The van der Waals surface area contributed by atoms with E-state index in [1.807, 2.05) is 0 Å². The van der Waals surface area contributed by atoms with Crippen LogP contribution < -0.4 is 0 Å². The summed E-state index contributed by atoms with van der Waals surface area (Å²) in [7, 11) is 0. The molecule has 0 spiro atoms. The van der Waals surface area contributed by atoms with Crippen molar-refractivity contribution in [1.82, 2.24) is 0 Å². The van der Waals surface area contributed by atoms with Gasteiger partial charge in [0.2, 0.25) is 0 Å². The Morgan fingerprint density at radius 2 is 1.83 bits per heavy atom. The van der Waals surface area contributed by atoms with Crippen molar-refractivity contribution < 1.29 is 15.0 Å². The van der Waals surface area contributed by atoms with E-state index in [0.717, 1.165) is 0 Å². The average Bonchev–Trinajstić information content (AvgIpc) is 1.38. The molecule has 0 atom stereocenters. The Bertz CT molecular complexity index is 44.1. The zero-order chi connectivity index (χ0) is 4.28. The third-order valence-electron chi connectivity index (χ3n) is 0.135. The normalized spacial score (nSPS) is 6.17. The molecule has 0 rings (SSSR count). The number of rotatable bonds is 1. The van der Waals surface area contributed by atoms with E-state index >= 15 is 0 Å². The predicted molar refractivity (Wildman–Crippen MR) is 23.3 cm³/mol. The molecule has 0 aliphatic carbocycles. The first-order chi connectivity index (χ1) is 2.27. The number of aliphatic hydroxyl groups excluding tert-OH is 1. The van der Waals surface area contributed by atoms with Crippen molar-refractivity contribution in [2.45, 2.75) is 0 Å². The molecule has 34 valence electrons. The summed E-state index contributed by atoms with van der Waals surface area (Å²) in [4.78, 5) is 9.12. The van der Waals surface area contributed by atoms with Gasteiger partial charge in [0.05, 0.1) is 0 Å². The molecule has 4 heteroatoms. The zero-order valence-corrected chi connectivity index (χ0v) is 2.51. The Labute approximate surface area is 75.4 Å². The number of carboxylic acids is 1. The molecule has 0 heterocycles. The van der Waals surface area contributed by atoms with Crippen LogP contribution in [0.3, 0.4) is 0 Å². The maximum atomic E-state index is 9.12. The Kier molecular flexibility index (Phi) is 10.1. The molecule has 0 radical (unpaired) electrons. The summed E-state index contributed by atoms with van der Waals surface area (Å²) in [5.74, 6) is -1.19. The van der Waals surface area contributed by atoms with Crippen molar-refractivity contribution in [2.24, 2.45) is 0 Å². The predicted octanol–water partition coefficient (Wildman–Crippen LogP) is -1.85. The second kappa shape index (κ2) is 6.00. The van der Waals surface area contributed by atoms with E-state index in [-0.39, 0.29) is 48.9 Å². The molecular formula is C2H6BaO3. The van der Waals surface area contributed by atoms with Crippen LogP contribution in [0.5, 0.6) is 0 Å². The summed E-state index contributed by atoms with van der Waals surface area (Å²) in [6.07, 6.45) is 0. The van der Waals surface area contributed by atoms with Gasteiger partial charge in [0.1, 0.15) is 6.61 Å². The van der Waals surface area contributed by atoms with Gasteiger partial charge in [-0.2, -0.15) is 0 Å². The monoisotopic (exact) mass is 216 g/mol. The van der Waals surface area contributed by atoms with Gasteiger partial charge in [-0.3, -0.25) is 0 Å². The van der Waals surface area contributed by atoms with Gasteiger partial charge in [0.25, 0.3) is 0 Å². The van der Waals surface area contributed by atoms with Crippen LogP contribution in [0.4, 0.5) is 0 Å². The molecule has 0 aromatic carbocycles. The van der Waals surface area contributed by atoms with E-state index in [9.17, 15) is 0 Å². The van der Waals surface area contributed by atoms with Crippen LogP contribution in [0, 0.1) is 0 Å². The first-order valence-electron chi connectivity index (χ1n) is 1.10. The fourth-order valence-electron chi connectivity index (χ4n) is 0. The number of aliphatic carboxylic acids is 1. The zero-order valence-electron chi connectivity index (χ0n) is 2.51. The molecule has 0 aromatic rings. The van der Waals surface area contributed by atoms with E-state index in [2.05, 4.69) is 0 Å². The Morgan fingerprint density at radius 1 is 1.67 bits per heavy atom. The van der Waals surface area contributed by atoms with Crippen LogP contribution in [0.15, 0.2) is 0 Å². The third-order valence-corrected chi connectivity index (χ3v) is 0.135. The summed E-state index contributed by atoms with van der Waals surface area (Å²) in [6.45, 7) is -0.778. The molecule has 0 aliphatic heterocycles. The number of carbonyl (C=O) groups is 1. The molecule has 0 aliphatic rings. The molecule has 0 saturated carbocycles. The number of hydrogen-bond donors (Lipinski definition) is 2. The van der Waals surface area contributed by atoms with Crippen LogP contribution in [0.25, 0.3) is 0 Å². The van der Waals surface area contributed by atoms with Crippen LogP contribution in [0.2, 0.25) is 0 Å². The Morgan fingerprint density at radius 3 is 1.83 bits per heavy atom. The van der Waals surface area contributed by atoms with E-state index in [0.29, 0.717) is 0 Å². The Hall–Kier alpha value is 1.00. The topological polar surface area (TPSA) is 57.5 Å². The molecule has 0 fully saturated rings. The molecule has 3 nitrogen and oxygen atoms in total. The second-order valence-corrected chi connectivity index (χ2v) is 0.552. The van der Waals surface area contributed by atoms with Crippen molar-refractivity contribution in [3.05, 3.63) is 0 Å². The first-order valence-corrected chi connectivity index (χ1v) is 1.10. The third kappa shape index (κ3) is 8.89. The van der Waals surface area contributed by atoms with Crippen LogP contribution in [-0.2, 0) is 4.79 Å². The van der Waals surface area contributed by atoms with Gasteiger partial charge in [-0.1, -0.05) is 0 Å². The van der Waals surface area contributed by atoms with Crippen molar-refractivity contribution in [2.75, 3.05) is 6.61 Å². The van der Waals surface area contributed by atoms with Gasteiger partial charge < -0.3 is 10.2 Å². The van der Waals surface area contributed by atoms with E-state index in [1.165, 1.54) is 0 Å². The number of hydrogen-bond acceptors (Lipinski definition) is 2. The van der Waals surface area contributed by atoms with Gasteiger partial charge >= 0.3 is 54.9 Å². The summed E-state index contributed by atoms with van der Waals surface area (Å²) >= 11 is 0. The van der Waals surface area contributed by atoms with Crippen LogP contribution in [-0.4, -0.2) is 71.7 Å². The molecule has 0 bridgehead atoms. The Balaban J connectivity index is 0. The average molecular weight is 215 g/mol. The quantitative estimate of drug-likeness (QED) is 0.505. The summed E-state index contributed by atoms with van der Waals surface area (Å²) < 4.78 is 0. The summed E-state index contributed by atoms with van der Waals surface area (Å²) in [5.41, 5.74) is 0. The summed E-state index contributed by atoms with van der Waals surface area (Å²) in [5, 5.41) is 15.0. The fraction of sp³-hybridized carbons (Fsp3) is 0.500. The van der Waals surface area contributed by atoms with Gasteiger partial charge in [0, 0.05) is 0 Å². The molecule has 0 unspecified atom stereocenters. The second-order valence-electron chi connectivity index (χ2n) is 0.552. The SMILES string of the molecule is O=C(O)CO.[BaH2]. The van der Waals surface area contributed by atoms with Crippen molar-refractivity contribution in [3.8, 4) is 0 Å². The molecule has 2 N–H and O–H groups in total. The van der Waals surface area contributed by atoms with Crippen molar-refractivity contribution in [1.29, 1.82) is 0 Å². The first kappa shape index (κ1) is 10.1. The number of aliphatic hydroxyl groups is 1. The van der Waals surface area contributed by atoms with Crippen LogP contribution in [0.1, 0.15) is 0 Å². The maximum absolute atomic E-state index is 9.12. The minimum atomic E-state index is -1.19.